The van der Waals surface area contributed by atoms with Gasteiger partial charge in [0.25, 0.3) is 0 Å². The molecule has 0 fully saturated rings. The zero-order valence-corrected chi connectivity index (χ0v) is 14.5. The molecule has 0 amide bonds. The molecule has 0 unspecified atom stereocenters. The molecule has 0 spiro atoms. The molecule has 3 aromatic carbocycles. The van der Waals surface area contributed by atoms with Crippen LogP contribution in [0, 0.1) is 12.7 Å². The summed E-state index contributed by atoms with van der Waals surface area (Å²) in [4.78, 5) is 0. The van der Waals surface area contributed by atoms with Crippen molar-refractivity contribution in [3.8, 4) is 5.75 Å². The van der Waals surface area contributed by atoms with Crippen LogP contribution in [0.4, 0.5) is 4.39 Å². The number of rotatable bonds is 3. The standard InChI is InChI=1S/C22H16ClFO/c1-14-5-7-15(8-6-14)19-13-20-18(3-2-4-21(20)24)22(19)25-17-11-9-16(23)10-12-17/h2-12H,13H2,1H3. The summed E-state index contributed by atoms with van der Waals surface area (Å²) in [6.45, 7) is 2.05. The SMILES string of the molecule is Cc1ccc(C2=C(Oc3ccc(Cl)cc3)c3cccc(F)c3C2)cc1. The van der Waals surface area contributed by atoms with Gasteiger partial charge in [0.1, 0.15) is 17.3 Å². The highest BCUT2D eigenvalue weighted by molar-refractivity contribution is 6.30. The Morgan fingerprint density at radius 2 is 1.64 bits per heavy atom. The summed E-state index contributed by atoms with van der Waals surface area (Å²) in [5, 5.41) is 0.651. The lowest BCUT2D eigenvalue weighted by molar-refractivity contribution is 0.517. The zero-order chi connectivity index (χ0) is 17.4. The number of allylic oxidation sites excluding steroid dienone is 1. The van der Waals surface area contributed by atoms with Gasteiger partial charge in [0.15, 0.2) is 0 Å². The van der Waals surface area contributed by atoms with E-state index in [2.05, 4.69) is 24.3 Å². The monoisotopic (exact) mass is 350 g/mol. The number of hydrogen-bond acceptors (Lipinski definition) is 1. The van der Waals surface area contributed by atoms with Gasteiger partial charge in [-0.05, 0) is 42.8 Å². The lowest BCUT2D eigenvalue weighted by Gasteiger charge is -2.12. The smallest absolute Gasteiger partial charge is 0.139 e. The van der Waals surface area contributed by atoms with E-state index in [0.717, 1.165) is 16.7 Å². The molecule has 0 N–H and O–H groups in total. The van der Waals surface area contributed by atoms with Crippen molar-refractivity contribution in [1.82, 2.24) is 0 Å². The number of benzene rings is 3. The molecule has 0 bridgehead atoms. The van der Waals surface area contributed by atoms with Crippen LogP contribution >= 0.6 is 11.6 Å². The first kappa shape index (κ1) is 15.9. The maximum atomic E-state index is 14.3. The molecule has 0 saturated carbocycles. The van der Waals surface area contributed by atoms with Gasteiger partial charge >= 0.3 is 0 Å². The molecule has 4 rings (SSSR count). The van der Waals surface area contributed by atoms with Crippen LogP contribution in [0.1, 0.15) is 22.3 Å². The topological polar surface area (TPSA) is 9.23 Å². The highest BCUT2D eigenvalue weighted by Crippen LogP contribution is 2.40. The van der Waals surface area contributed by atoms with Crippen molar-refractivity contribution in [3.05, 3.63) is 99.8 Å². The molecule has 3 heteroatoms. The summed E-state index contributed by atoms with van der Waals surface area (Å²) < 4.78 is 20.5. The van der Waals surface area contributed by atoms with Gasteiger partial charge in [-0.1, -0.05) is 53.6 Å². The third kappa shape index (κ3) is 3.06. The highest BCUT2D eigenvalue weighted by atomic mass is 35.5. The minimum absolute atomic E-state index is 0.197. The van der Waals surface area contributed by atoms with Crippen LogP contribution in [-0.2, 0) is 6.42 Å². The Morgan fingerprint density at radius 3 is 2.36 bits per heavy atom. The Bertz CT molecular complexity index is 956. The Morgan fingerprint density at radius 1 is 0.920 bits per heavy atom. The Hall–Kier alpha value is -2.58. The molecule has 3 aromatic rings. The first-order valence-corrected chi connectivity index (χ1v) is 8.51. The number of fused-ring (bicyclic) bond motifs is 1. The second-order valence-electron chi connectivity index (χ2n) is 6.17. The molecule has 124 valence electrons. The fourth-order valence-corrected chi connectivity index (χ4v) is 3.22. The predicted molar refractivity (Wildman–Crippen MR) is 100 cm³/mol. The summed E-state index contributed by atoms with van der Waals surface area (Å²) in [7, 11) is 0. The van der Waals surface area contributed by atoms with E-state index in [9.17, 15) is 4.39 Å². The van der Waals surface area contributed by atoms with E-state index >= 15 is 0 Å². The van der Waals surface area contributed by atoms with Crippen LogP contribution in [0.5, 0.6) is 5.75 Å². The van der Waals surface area contributed by atoms with Crippen LogP contribution in [0.2, 0.25) is 5.02 Å². The van der Waals surface area contributed by atoms with Gasteiger partial charge < -0.3 is 4.74 Å². The average Bonchev–Trinajstić information content (AvgIpc) is 2.98. The second kappa shape index (κ2) is 6.38. The third-order valence-electron chi connectivity index (χ3n) is 4.42. The van der Waals surface area contributed by atoms with Gasteiger partial charge in [-0.2, -0.15) is 0 Å². The summed E-state index contributed by atoms with van der Waals surface area (Å²) >= 11 is 5.95. The largest absolute Gasteiger partial charge is 0.456 e. The second-order valence-corrected chi connectivity index (χ2v) is 6.61. The molecule has 0 atom stereocenters. The van der Waals surface area contributed by atoms with Gasteiger partial charge in [0.05, 0.1) is 0 Å². The molecule has 1 nitrogen and oxygen atoms in total. The summed E-state index contributed by atoms with van der Waals surface area (Å²) in [5.74, 6) is 1.19. The molecule has 0 aliphatic heterocycles. The molecular formula is C22H16ClFO. The van der Waals surface area contributed by atoms with E-state index in [1.54, 1.807) is 18.2 Å². The Kier molecular flexibility index (Phi) is 4.06. The van der Waals surface area contributed by atoms with Crippen molar-refractivity contribution in [2.24, 2.45) is 0 Å². The Labute approximate surface area is 151 Å². The lowest BCUT2D eigenvalue weighted by atomic mass is 10.0. The number of ether oxygens (including phenoxy) is 1. The maximum Gasteiger partial charge on any atom is 0.139 e. The van der Waals surface area contributed by atoms with Crippen molar-refractivity contribution in [3.63, 3.8) is 0 Å². The summed E-state index contributed by atoms with van der Waals surface area (Å²) in [6, 6.07) is 20.6. The third-order valence-corrected chi connectivity index (χ3v) is 4.68. The Balaban J connectivity index is 1.82. The van der Waals surface area contributed by atoms with Crippen LogP contribution in [0.3, 0.4) is 0 Å². The first-order chi connectivity index (χ1) is 12.1. The summed E-state index contributed by atoms with van der Waals surface area (Å²) in [6.07, 6.45) is 0.522. The number of hydrogen-bond donors (Lipinski definition) is 0. The van der Waals surface area contributed by atoms with E-state index in [1.165, 1.54) is 11.6 Å². The van der Waals surface area contributed by atoms with E-state index in [-0.39, 0.29) is 5.82 Å². The van der Waals surface area contributed by atoms with E-state index in [0.29, 0.717) is 28.5 Å². The number of aryl methyl sites for hydroxylation is 1. The minimum Gasteiger partial charge on any atom is -0.456 e. The maximum absolute atomic E-state index is 14.3. The zero-order valence-electron chi connectivity index (χ0n) is 13.7. The summed E-state index contributed by atoms with van der Waals surface area (Å²) in [5.41, 5.74) is 4.72. The molecule has 1 aliphatic rings. The molecule has 0 heterocycles. The molecule has 25 heavy (non-hydrogen) atoms. The van der Waals surface area contributed by atoms with Gasteiger partial charge in [-0.15, -0.1) is 0 Å². The quantitative estimate of drug-likeness (QED) is 0.539. The fourth-order valence-electron chi connectivity index (χ4n) is 3.10. The minimum atomic E-state index is -0.197. The highest BCUT2D eigenvalue weighted by Gasteiger charge is 2.27. The normalized spacial score (nSPS) is 13.1. The fraction of sp³-hybridized carbons (Fsp3) is 0.0909. The van der Waals surface area contributed by atoms with Gasteiger partial charge in [-0.25, -0.2) is 4.39 Å². The lowest BCUT2D eigenvalue weighted by Crippen LogP contribution is -1.96. The van der Waals surface area contributed by atoms with E-state index < -0.39 is 0 Å². The van der Waals surface area contributed by atoms with Gasteiger partial charge in [0.2, 0.25) is 0 Å². The van der Waals surface area contributed by atoms with E-state index in [4.69, 9.17) is 16.3 Å². The van der Waals surface area contributed by atoms with Crippen LogP contribution in [-0.4, -0.2) is 0 Å². The molecule has 0 saturated heterocycles. The van der Waals surface area contributed by atoms with Crippen LogP contribution in [0.25, 0.3) is 11.3 Å². The van der Waals surface area contributed by atoms with Crippen molar-refractivity contribution in [2.45, 2.75) is 13.3 Å². The van der Waals surface area contributed by atoms with Gasteiger partial charge in [-0.3, -0.25) is 0 Å². The van der Waals surface area contributed by atoms with Crippen molar-refractivity contribution >= 4 is 22.9 Å². The van der Waals surface area contributed by atoms with Crippen molar-refractivity contribution in [1.29, 1.82) is 0 Å². The molecule has 0 radical (unpaired) electrons. The van der Waals surface area contributed by atoms with Crippen molar-refractivity contribution in [2.75, 3.05) is 0 Å². The van der Waals surface area contributed by atoms with Crippen molar-refractivity contribution < 1.29 is 9.13 Å². The number of halogens is 2. The predicted octanol–water partition coefficient (Wildman–Crippen LogP) is 6.29. The average molecular weight is 351 g/mol. The first-order valence-electron chi connectivity index (χ1n) is 8.13. The van der Waals surface area contributed by atoms with E-state index in [1.807, 2.05) is 25.1 Å². The molecule has 1 aliphatic carbocycles. The van der Waals surface area contributed by atoms with Gasteiger partial charge in [0, 0.05) is 28.1 Å². The van der Waals surface area contributed by atoms with Crippen LogP contribution in [0.15, 0.2) is 66.7 Å². The van der Waals surface area contributed by atoms with Crippen LogP contribution < -0.4 is 4.74 Å². The molecule has 0 aromatic heterocycles. The molecular weight excluding hydrogens is 335 g/mol.